The molecule has 0 aliphatic rings. The molecule has 0 unspecified atom stereocenters. The molecule has 26 heavy (non-hydrogen) atoms. The maximum absolute atomic E-state index is 9.85. The molecular formula is C19H15N3O3S. The van der Waals surface area contributed by atoms with Gasteiger partial charge in [-0.3, -0.25) is 0 Å². The molecule has 0 aliphatic carbocycles. The number of nitrogens with zero attached hydrogens (tertiary/aromatic N) is 3. The van der Waals surface area contributed by atoms with Crippen LogP contribution in [0.4, 0.5) is 5.13 Å². The SMILES string of the molecule is COc1ccc(-c2c/c(=N\c3nnc(C)s3)c3cc(O)ccc3o2)cc1. The van der Waals surface area contributed by atoms with Crippen molar-refractivity contribution in [3.05, 3.63) is 58.9 Å². The number of aromatic hydroxyl groups is 1. The van der Waals surface area contributed by atoms with Crippen LogP contribution in [-0.4, -0.2) is 22.4 Å². The number of hydrogen-bond donors (Lipinski definition) is 1. The van der Waals surface area contributed by atoms with E-state index in [9.17, 15) is 5.11 Å². The largest absolute Gasteiger partial charge is 0.508 e. The Morgan fingerprint density at radius 2 is 1.88 bits per heavy atom. The van der Waals surface area contributed by atoms with E-state index in [-0.39, 0.29) is 5.75 Å². The van der Waals surface area contributed by atoms with E-state index in [4.69, 9.17) is 9.15 Å². The Morgan fingerprint density at radius 1 is 1.08 bits per heavy atom. The molecule has 0 amide bonds. The van der Waals surface area contributed by atoms with Gasteiger partial charge in [0.05, 0.1) is 12.5 Å². The lowest BCUT2D eigenvalue weighted by Gasteiger charge is -2.06. The van der Waals surface area contributed by atoms with Gasteiger partial charge in [0, 0.05) is 17.0 Å². The van der Waals surface area contributed by atoms with Crippen molar-refractivity contribution < 1.29 is 14.3 Å². The smallest absolute Gasteiger partial charge is 0.232 e. The number of hydrogen-bond acceptors (Lipinski definition) is 7. The molecule has 0 atom stereocenters. The van der Waals surface area contributed by atoms with Crippen molar-refractivity contribution in [2.24, 2.45) is 4.99 Å². The Kier molecular flexibility index (Phi) is 4.14. The lowest BCUT2D eigenvalue weighted by Crippen LogP contribution is -2.03. The minimum atomic E-state index is 0.148. The number of fused-ring (bicyclic) bond motifs is 1. The first-order valence-electron chi connectivity index (χ1n) is 7.88. The zero-order valence-electron chi connectivity index (χ0n) is 14.1. The lowest BCUT2D eigenvalue weighted by atomic mass is 10.1. The van der Waals surface area contributed by atoms with Gasteiger partial charge >= 0.3 is 0 Å². The van der Waals surface area contributed by atoms with Crippen molar-refractivity contribution in [2.75, 3.05) is 7.11 Å². The Bertz CT molecular complexity index is 1150. The predicted octanol–water partition coefficient (Wildman–Crippen LogP) is 4.21. The summed E-state index contributed by atoms with van der Waals surface area (Å²) in [6.07, 6.45) is 0. The highest BCUT2D eigenvalue weighted by Gasteiger charge is 2.08. The standard InChI is InChI=1S/C19H15N3O3S/c1-11-21-22-19(26-11)20-16-10-18(12-3-6-14(24-2)7-4-12)25-17-8-5-13(23)9-15(16)17/h3-10,23H,1-2H3/b20-16+. The van der Waals surface area contributed by atoms with Crippen molar-refractivity contribution in [3.63, 3.8) is 0 Å². The molecule has 130 valence electrons. The Hall–Kier alpha value is -3.19. The fourth-order valence-corrected chi connectivity index (χ4v) is 3.15. The van der Waals surface area contributed by atoms with E-state index in [2.05, 4.69) is 15.2 Å². The summed E-state index contributed by atoms with van der Waals surface area (Å²) in [5, 5.41) is 20.7. The van der Waals surface area contributed by atoms with E-state index >= 15 is 0 Å². The molecule has 0 saturated carbocycles. The average molecular weight is 365 g/mol. The second kappa shape index (κ2) is 6.61. The minimum Gasteiger partial charge on any atom is -0.508 e. The number of ether oxygens (including phenoxy) is 1. The van der Waals surface area contributed by atoms with Crippen LogP contribution in [0.1, 0.15) is 5.01 Å². The molecule has 7 heteroatoms. The predicted molar refractivity (Wildman–Crippen MR) is 99.7 cm³/mol. The highest BCUT2D eigenvalue weighted by molar-refractivity contribution is 7.14. The van der Waals surface area contributed by atoms with Gasteiger partial charge in [0.1, 0.15) is 27.8 Å². The average Bonchev–Trinajstić information content (AvgIpc) is 3.07. The van der Waals surface area contributed by atoms with Crippen LogP contribution in [0.3, 0.4) is 0 Å². The maximum Gasteiger partial charge on any atom is 0.232 e. The molecule has 4 rings (SSSR count). The third kappa shape index (κ3) is 3.16. The van der Waals surface area contributed by atoms with Crippen LogP contribution in [-0.2, 0) is 0 Å². The quantitative estimate of drug-likeness (QED) is 0.588. The van der Waals surface area contributed by atoms with Crippen molar-refractivity contribution >= 4 is 27.4 Å². The summed E-state index contributed by atoms with van der Waals surface area (Å²) in [6.45, 7) is 1.88. The summed E-state index contributed by atoms with van der Waals surface area (Å²) in [4.78, 5) is 4.60. The third-order valence-electron chi connectivity index (χ3n) is 3.83. The van der Waals surface area contributed by atoms with Crippen molar-refractivity contribution in [1.29, 1.82) is 0 Å². The van der Waals surface area contributed by atoms with E-state index in [0.717, 1.165) is 16.3 Å². The molecule has 0 fully saturated rings. The first kappa shape index (κ1) is 16.3. The van der Waals surface area contributed by atoms with Gasteiger partial charge in [0.15, 0.2) is 0 Å². The van der Waals surface area contributed by atoms with Gasteiger partial charge in [-0.05, 0) is 49.4 Å². The molecule has 0 aliphatic heterocycles. The van der Waals surface area contributed by atoms with E-state index in [0.29, 0.717) is 27.2 Å². The highest BCUT2D eigenvalue weighted by Crippen LogP contribution is 2.26. The fraction of sp³-hybridized carbons (Fsp3) is 0.105. The normalized spacial score (nSPS) is 11.8. The lowest BCUT2D eigenvalue weighted by molar-refractivity contribution is 0.415. The molecule has 2 aromatic heterocycles. The van der Waals surface area contributed by atoms with Gasteiger partial charge in [0.25, 0.3) is 0 Å². The number of benzene rings is 2. The summed E-state index contributed by atoms with van der Waals surface area (Å²) >= 11 is 1.40. The van der Waals surface area contributed by atoms with Gasteiger partial charge in [0.2, 0.25) is 5.13 Å². The molecule has 2 heterocycles. The van der Waals surface area contributed by atoms with Gasteiger partial charge in [-0.25, -0.2) is 4.99 Å². The molecule has 1 N–H and O–H groups in total. The first-order chi connectivity index (χ1) is 12.6. The molecule has 0 radical (unpaired) electrons. The Morgan fingerprint density at radius 3 is 2.58 bits per heavy atom. The molecule has 0 bridgehead atoms. The second-order valence-corrected chi connectivity index (χ2v) is 6.78. The zero-order valence-corrected chi connectivity index (χ0v) is 14.9. The second-order valence-electron chi connectivity index (χ2n) is 5.62. The van der Waals surface area contributed by atoms with Crippen LogP contribution in [0.5, 0.6) is 11.5 Å². The zero-order chi connectivity index (χ0) is 18.1. The summed E-state index contributed by atoms with van der Waals surface area (Å²) in [5.74, 6) is 1.58. The van der Waals surface area contributed by atoms with E-state index in [1.54, 1.807) is 25.3 Å². The number of phenolic OH excluding ortho intramolecular Hbond substituents is 1. The van der Waals surface area contributed by atoms with Crippen LogP contribution < -0.4 is 10.1 Å². The number of methoxy groups -OCH3 is 1. The summed E-state index contributed by atoms with van der Waals surface area (Å²) in [7, 11) is 1.63. The third-order valence-corrected chi connectivity index (χ3v) is 4.57. The molecule has 4 aromatic rings. The first-order valence-corrected chi connectivity index (χ1v) is 8.70. The molecule has 0 spiro atoms. The van der Waals surface area contributed by atoms with Crippen LogP contribution in [0.2, 0.25) is 0 Å². The Balaban J connectivity index is 1.95. The molecular weight excluding hydrogens is 350 g/mol. The number of aromatic nitrogens is 2. The van der Waals surface area contributed by atoms with E-state index < -0.39 is 0 Å². The monoisotopic (exact) mass is 365 g/mol. The van der Waals surface area contributed by atoms with Gasteiger partial charge in [-0.1, -0.05) is 11.3 Å². The van der Waals surface area contributed by atoms with Gasteiger partial charge in [-0.2, -0.15) is 0 Å². The number of phenols is 1. The molecule has 2 aromatic carbocycles. The minimum absolute atomic E-state index is 0.148. The Labute approximate surface area is 153 Å². The van der Waals surface area contributed by atoms with Gasteiger partial charge in [-0.15, -0.1) is 10.2 Å². The number of rotatable bonds is 3. The van der Waals surface area contributed by atoms with E-state index in [1.165, 1.54) is 11.3 Å². The van der Waals surface area contributed by atoms with Gasteiger partial charge < -0.3 is 14.3 Å². The topological polar surface area (TPSA) is 80.7 Å². The molecule has 6 nitrogen and oxygen atoms in total. The highest BCUT2D eigenvalue weighted by atomic mass is 32.1. The fourth-order valence-electron chi connectivity index (χ4n) is 2.58. The summed E-state index contributed by atoms with van der Waals surface area (Å²) < 4.78 is 11.2. The maximum atomic E-state index is 9.85. The van der Waals surface area contributed by atoms with E-state index in [1.807, 2.05) is 37.3 Å². The van der Waals surface area contributed by atoms with Crippen molar-refractivity contribution in [3.8, 4) is 22.8 Å². The van der Waals surface area contributed by atoms with Crippen LogP contribution in [0.25, 0.3) is 22.3 Å². The van der Waals surface area contributed by atoms with Crippen molar-refractivity contribution in [2.45, 2.75) is 6.92 Å². The molecule has 0 saturated heterocycles. The van der Waals surface area contributed by atoms with Crippen LogP contribution in [0.15, 0.2) is 57.9 Å². The summed E-state index contributed by atoms with van der Waals surface area (Å²) in [6, 6.07) is 14.4. The van der Waals surface area contributed by atoms with Crippen molar-refractivity contribution in [1.82, 2.24) is 10.2 Å². The number of aryl methyl sites for hydroxylation is 1. The summed E-state index contributed by atoms with van der Waals surface area (Å²) in [5.41, 5.74) is 1.52. The van der Waals surface area contributed by atoms with Crippen LogP contribution in [0, 0.1) is 6.92 Å². The van der Waals surface area contributed by atoms with Crippen LogP contribution >= 0.6 is 11.3 Å².